The van der Waals surface area contributed by atoms with Crippen LogP contribution in [-0.4, -0.2) is 22.4 Å². The van der Waals surface area contributed by atoms with E-state index in [1.165, 1.54) is 24.3 Å². The zero-order valence-electron chi connectivity index (χ0n) is 10.9. The van der Waals surface area contributed by atoms with Crippen molar-refractivity contribution in [1.82, 2.24) is 4.98 Å². The van der Waals surface area contributed by atoms with Crippen molar-refractivity contribution in [3.05, 3.63) is 47.1 Å². The SMILES string of the molecule is O=C(O)Cc1ccc(Cl)c(-c2cccc(OC(F)(F)F)c2)n1. The number of pyridine rings is 1. The summed E-state index contributed by atoms with van der Waals surface area (Å²) in [7, 11) is 0. The molecule has 0 fully saturated rings. The highest BCUT2D eigenvalue weighted by molar-refractivity contribution is 6.33. The Morgan fingerprint density at radius 3 is 2.64 bits per heavy atom. The van der Waals surface area contributed by atoms with Gasteiger partial charge in [-0.05, 0) is 24.3 Å². The molecule has 0 radical (unpaired) electrons. The summed E-state index contributed by atoms with van der Waals surface area (Å²) in [6.45, 7) is 0. The van der Waals surface area contributed by atoms with E-state index in [-0.39, 0.29) is 22.8 Å². The molecule has 1 N–H and O–H groups in total. The van der Waals surface area contributed by atoms with Crippen molar-refractivity contribution in [3.63, 3.8) is 0 Å². The first kappa shape index (κ1) is 16.1. The third kappa shape index (κ3) is 4.36. The van der Waals surface area contributed by atoms with E-state index in [1.807, 2.05) is 0 Å². The second-order valence-corrected chi connectivity index (χ2v) is 4.69. The molecule has 0 bridgehead atoms. The zero-order chi connectivity index (χ0) is 16.3. The summed E-state index contributed by atoms with van der Waals surface area (Å²) in [5.74, 6) is -1.48. The Morgan fingerprint density at radius 2 is 2.00 bits per heavy atom. The van der Waals surface area contributed by atoms with Crippen molar-refractivity contribution in [2.24, 2.45) is 0 Å². The molecule has 2 rings (SSSR count). The molecule has 22 heavy (non-hydrogen) atoms. The highest BCUT2D eigenvalue weighted by Gasteiger charge is 2.31. The molecule has 1 aromatic heterocycles. The molecule has 0 unspecified atom stereocenters. The van der Waals surface area contributed by atoms with Crippen molar-refractivity contribution in [2.75, 3.05) is 0 Å². The standard InChI is InChI=1S/C14H9ClF3NO3/c15-11-5-4-9(7-12(20)21)19-13(11)8-2-1-3-10(6-8)22-14(16,17)18/h1-6H,7H2,(H,20,21). The molecule has 1 heterocycles. The van der Waals surface area contributed by atoms with Gasteiger partial charge in [0.05, 0.1) is 22.8 Å². The van der Waals surface area contributed by atoms with Gasteiger partial charge in [0.15, 0.2) is 0 Å². The molecule has 8 heteroatoms. The number of hydrogen-bond acceptors (Lipinski definition) is 3. The summed E-state index contributed by atoms with van der Waals surface area (Å²) in [4.78, 5) is 14.8. The van der Waals surface area contributed by atoms with Gasteiger partial charge in [0.2, 0.25) is 0 Å². The van der Waals surface area contributed by atoms with Crippen LogP contribution in [0.3, 0.4) is 0 Å². The minimum absolute atomic E-state index is 0.188. The molecule has 0 aliphatic heterocycles. The zero-order valence-corrected chi connectivity index (χ0v) is 11.6. The van der Waals surface area contributed by atoms with Gasteiger partial charge < -0.3 is 9.84 Å². The first-order chi connectivity index (χ1) is 10.2. The summed E-state index contributed by atoms with van der Waals surface area (Å²) in [6, 6.07) is 8.02. The van der Waals surface area contributed by atoms with Crippen molar-refractivity contribution in [1.29, 1.82) is 0 Å². The van der Waals surface area contributed by atoms with Crippen molar-refractivity contribution in [2.45, 2.75) is 12.8 Å². The van der Waals surface area contributed by atoms with Crippen molar-refractivity contribution in [3.8, 4) is 17.0 Å². The molecule has 0 aliphatic rings. The first-order valence-electron chi connectivity index (χ1n) is 5.98. The van der Waals surface area contributed by atoms with Crippen LogP contribution in [0.2, 0.25) is 5.02 Å². The van der Waals surface area contributed by atoms with E-state index >= 15 is 0 Å². The molecule has 4 nitrogen and oxygen atoms in total. The van der Waals surface area contributed by atoms with Gasteiger partial charge in [-0.3, -0.25) is 9.78 Å². The normalized spacial score (nSPS) is 11.3. The third-order valence-electron chi connectivity index (χ3n) is 2.58. The number of carboxylic acids is 1. The number of nitrogens with zero attached hydrogens (tertiary/aromatic N) is 1. The second kappa shape index (κ2) is 6.23. The van der Waals surface area contributed by atoms with Gasteiger partial charge in [-0.2, -0.15) is 0 Å². The van der Waals surface area contributed by atoms with Crippen LogP contribution < -0.4 is 4.74 Å². The Bertz CT molecular complexity index is 704. The van der Waals surface area contributed by atoms with E-state index in [0.29, 0.717) is 5.56 Å². The van der Waals surface area contributed by atoms with E-state index in [9.17, 15) is 18.0 Å². The summed E-state index contributed by atoms with van der Waals surface area (Å²) >= 11 is 5.98. The van der Waals surface area contributed by atoms with Crippen LogP contribution in [0.15, 0.2) is 36.4 Å². The number of carbonyl (C=O) groups is 1. The maximum absolute atomic E-state index is 12.2. The van der Waals surface area contributed by atoms with Crippen LogP contribution in [0.25, 0.3) is 11.3 Å². The molecule has 0 atom stereocenters. The molecule has 0 saturated heterocycles. The average Bonchev–Trinajstić information content (AvgIpc) is 2.39. The van der Waals surface area contributed by atoms with Crippen molar-refractivity contribution >= 4 is 17.6 Å². The van der Waals surface area contributed by atoms with Gasteiger partial charge >= 0.3 is 12.3 Å². The second-order valence-electron chi connectivity index (χ2n) is 4.28. The molecular formula is C14H9ClF3NO3. The number of carboxylic acid groups (broad SMARTS) is 1. The lowest BCUT2D eigenvalue weighted by molar-refractivity contribution is -0.274. The Morgan fingerprint density at radius 1 is 1.27 bits per heavy atom. The minimum Gasteiger partial charge on any atom is -0.481 e. The summed E-state index contributed by atoms with van der Waals surface area (Å²) in [5.41, 5.74) is 0.723. The Labute approximate surface area is 128 Å². The van der Waals surface area contributed by atoms with Gasteiger partial charge in [0.25, 0.3) is 0 Å². The van der Waals surface area contributed by atoms with Gasteiger partial charge in [-0.1, -0.05) is 23.7 Å². The largest absolute Gasteiger partial charge is 0.573 e. The Balaban J connectivity index is 2.38. The van der Waals surface area contributed by atoms with Gasteiger partial charge in [-0.25, -0.2) is 0 Å². The van der Waals surface area contributed by atoms with E-state index < -0.39 is 18.1 Å². The van der Waals surface area contributed by atoms with Crippen molar-refractivity contribution < 1.29 is 27.8 Å². The number of benzene rings is 1. The van der Waals surface area contributed by atoms with Gasteiger partial charge in [-0.15, -0.1) is 13.2 Å². The maximum atomic E-state index is 12.2. The lowest BCUT2D eigenvalue weighted by Gasteiger charge is -2.11. The quantitative estimate of drug-likeness (QED) is 0.922. The number of aromatic nitrogens is 1. The predicted octanol–water partition coefficient (Wildman–Crippen LogP) is 3.93. The van der Waals surface area contributed by atoms with E-state index in [0.717, 1.165) is 12.1 Å². The molecule has 0 aliphatic carbocycles. The predicted molar refractivity (Wildman–Crippen MR) is 72.7 cm³/mol. The molecule has 1 aromatic carbocycles. The van der Waals surface area contributed by atoms with Crippen LogP contribution in [0.5, 0.6) is 5.75 Å². The molecule has 0 saturated carbocycles. The fourth-order valence-corrected chi connectivity index (χ4v) is 1.99. The maximum Gasteiger partial charge on any atom is 0.573 e. The lowest BCUT2D eigenvalue weighted by Crippen LogP contribution is -2.17. The molecular weight excluding hydrogens is 323 g/mol. The van der Waals surface area contributed by atoms with Crippen LogP contribution in [-0.2, 0) is 11.2 Å². The third-order valence-corrected chi connectivity index (χ3v) is 2.88. The summed E-state index contributed by atoms with van der Waals surface area (Å²) in [6.07, 6.45) is -5.12. The number of halogens is 4. The number of ether oxygens (including phenoxy) is 1. The summed E-state index contributed by atoms with van der Waals surface area (Å²) < 4.78 is 40.5. The van der Waals surface area contributed by atoms with Gasteiger partial charge in [0, 0.05) is 5.56 Å². The lowest BCUT2D eigenvalue weighted by atomic mass is 10.1. The number of aliphatic carboxylic acids is 1. The van der Waals surface area contributed by atoms with E-state index in [2.05, 4.69) is 9.72 Å². The van der Waals surface area contributed by atoms with Gasteiger partial charge in [0.1, 0.15) is 5.75 Å². The Hall–Kier alpha value is -2.28. The molecule has 2 aromatic rings. The molecule has 0 amide bonds. The van der Waals surface area contributed by atoms with Crippen LogP contribution in [0.1, 0.15) is 5.69 Å². The number of alkyl halides is 3. The minimum atomic E-state index is -4.80. The highest BCUT2D eigenvalue weighted by atomic mass is 35.5. The molecule has 0 spiro atoms. The van der Waals surface area contributed by atoms with E-state index in [4.69, 9.17) is 16.7 Å². The van der Waals surface area contributed by atoms with Crippen LogP contribution in [0, 0.1) is 0 Å². The number of hydrogen-bond donors (Lipinski definition) is 1. The van der Waals surface area contributed by atoms with E-state index in [1.54, 1.807) is 0 Å². The fraction of sp³-hybridized carbons (Fsp3) is 0.143. The Kier molecular flexibility index (Phi) is 4.56. The first-order valence-corrected chi connectivity index (χ1v) is 6.36. The molecule has 116 valence electrons. The topological polar surface area (TPSA) is 59.4 Å². The number of rotatable bonds is 4. The monoisotopic (exact) mass is 331 g/mol. The van der Waals surface area contributed by atoms with Crippen LogP contribution >= 0.6 is 11.6 Å². The van der Waals surface area contributed by atoms with Crippen LogP contribution in [0.4, 0.5) is 13.2 Å². The smallest absolute Gasteiger partial charge is 0.481 e. The highest BCUT2D eigenvalue weighted by Crippen LogP contribution is 2.31. The average molecular weight is 332 g/mol. The fourth-order valence-electron chi connectivity index (χ4n) is 1.78. The summed E-state index contributed by atoms with van der Waals surface area (Å²) in [5, 5.41) is 8.94.